The van der Waals surface area contributed by atoms with Crippen molar-refractivity contribution >= 4 is 27.2 Å². The number of aromatic nitrogens is 1. The SMILES string of the molecule is [C-]#[N+]C(C)(C)c1cccc2c1N(S(=O)(=O)c1ccc(OC(F)(F)F)cc1)Cc1ccc(C(F)(F)F)nc1N2. The van der Waals surface area contributed by atoms with Crippen LogP contribution in [0.25, 0.3) is 4.85 Å². The summed E-state index contributed by atoms with van der Waals surface area (Å²) < 4.78 is 110. The van der Waals surface area contributed by atoms with E-state index in [9.17, 15) is 34.8 Å². The second-order valence-corrected chi connectivity index (χ2v) is 10.6. The molecule has 0 fully saturated rings. The molecule has 4 rings (SSSR count). The van der Waals surface area contributed by atoms with Gasteiger partial charge in [0.15, 0.2) is 0 Å². The molecule has 0 spiro atoms. The normalized spacial score (nSPS) is 14.0. The fourth-order valence-electron chi connectivity index (χ4n) is 3.86. The smallest absolute Gasteiger partial charge is 0.406 e. The van der Waals surface area contributed by atoms with Crippen molar-refractivity contribution in [2.75, 3.05) is 9.62 Å². The van der Waals surface area contributed by atoms with Crippen molar-refractivity contribution in [3.8, 4) is 5.75 Å². The van der Waals surface area contributed by atoms with E-state index >= 15 is 0 Å². The van der Waals surface area contributed by atoms with Crippen LogP contribution in [-0.4, -0.2) is 19.8 Å². The van der Waals surface area contributed by atoms with Crippen LogP contribution in [0.15, 0.2) is 59.5 Å². The van der Waals surface area contributed by atoms with E-state index in [0.717, 1.165) is 34.6 Å². The molecule has 0 atom stereocenters. The van der Waals surface area contributed by atoms with Crippen molar-refractivity contribution in [3.05, 3.63) is 82.8 Å². The first-order chi connectivity index (χ1) is 17.5. The highest BCUT2D eigenvalue weighted by Gasteiger charge is 2.40. The maximum absolute atomic E-state index is 13.9. The van der Waals surface area contributed by atoms with Gasteiger partial charge in [0, 0.05) is 19.4 Å². The minimum atomic E-state index is -4.98. The molecule has 1 aliphatic rings. The molecular formula is C24H18F6N4O3S. The molecule has 0 saturated carbocycles. The first kappa shape index (κ1) is 27.1. The third-order valence-corrected chi connectivity index (χ3v) is 7.47. The lowest BCUT2D eigenvalue weighted by Gasteiger charge is -2.28. The Morgan fingerprint density at radius 1 is 1.00 bits per heavy atom. The Morgan fingerprint density at radius 2 is 1.66 bits per heavy atom. The fourth-order valence-corrected chi connectivity index (χ4v) is 5.34. The number of pyridine rings is 1. The van der Waals surface area contributed by atoms with E-state index in [4.69, 9.17) is 6.57 Å². The number of benzene rings is 2. The number of rotatable bonds is 4. The van der Waals surface area contributed by atoms with Gasteiger partial charge in [0.1, 0.15) is 17.3 Å². The fraction of sp³-hybridized carbons (Fsp3) is 0.250. The van der Waals surface area contributed by atoms with Crippen molar-refractivity contribution < 1.29 is 39.5 Å². The standard InChI is InChI=1S/C24H18F6N4O3S/c1-22(2,31-3)17-5-4-6-18-20(17)34(13-14-7-12-19(23(25,26)27)33-21(14)32-18)38(35,36)16-10-8-15(9-11-16)37-24(28,29)30/h4-12H,13H2,1-2H3,(H,32,33). The van der Waals surface area contributed by atoms with Gasteiger partial charge in [-0.1, -0.05) is 12.1 Å². The van der Waals surface area contributed by atoms with E-state index in [1.165, 1.54) is 18.2 Å². The third kappa shape index (κ3) is 5.19. The molecule has 7 nitrogen and oxygen atoms in total. The Kier molecular flexibility index (Phi) is 6.47. The number of hydrogen-bond acceptors (Lipinski definition) is 5. The quantitative estimate of drug-likeness (QED) is 0.289. The van der Waals surface area contributed by atoms with E-state index in [1.54, 1.807) is 13.8 Å². The van der Waals surface area contributed by atoms with Crippen LogP contribution >= 0.6 is 0 Å². The number of para-hydroxylation sites is 1. The molecule has 2 aromatic carbocycles. The molecule has 0 radical (unpaired) electrons. The van der Waals surface area contributed by atoms with Gasteiger partial charge >= 0.3 is 12.5 Å². The van der Waals surface area contributed by atoms with Gasteiger partial charge in [-0.15, -0.1) is 13.2 Å². The number of ether oxygens (including phenoxy) is 1. The van der Waals surface area contributed by atoms with Crippen LogP contribution in [0.3, 0.4) is 0 Å². The Hall–Kier alpha value is -3.99. The molecule has 0 saturated heterocycles. The van der Waals surface area contributed by atoms with E-state index < -0.39 is 51.0 Å². The summed E-state index contributed by atoms with van der Waals surface area (Å²) in [6.45, 7) is 10.2. The van der Waals surface area contributed by atoms with Gasteiger partial charge in [-0.05, 0) is 42.5 Å². The predicted molar refractivity (Wildman–Crippen MR) is 125 cm³/mol. The first-order valence-corrected chi connectivity index (χ1v) is 12.2. The zero-order valence-corrected chi connectivity index (χ0v) is 20.5. The highest BCUT2D eigenvalue weighted by molar-refractivity contribution is 7.92. The van der Waals surface area contributed by atoms with Crippen LogP contribution in [0.2, 0.25) is 0 Å². The summed E-state index contributed by atoms with van der Waals surface area (Å²) in [6, 6.07) is 9.77. The minimum absolute atomic E-state index is 0.00400. The summed E-state index contributed by atoms with van der Waals surface area (Å²) in [5, 5.41) is 2.78. The van der Waals surface area contributed by atoms with Crippen LogP contribution in [-0.2, 0) is 28.3 Å². The lowest BCUT2D eigenvalue weighted by atomic mass is 9.92. The molecule has 0 unspecified atom stereocenters. The van der Waals surface area contributed by atoms with Crippen LogP contribution in [0.1, 0.15) is 30.7 Å². The van der Waals surface area contributed by atoms with Gasteiger partial charge in [-0.3, -0.25) is 4.31 Å². The second-order valence-electron chi connectivity index (χ2n) is 8.73. The lowest BCUT2D eigenvalue weighted by Crippen LogP contribution is -2.32. The Labute approximate surface area is 213 Å². The molecule has 0 amide bonds. The summed E-state index contributed by atoms with van der Waals surface area (Å²) in [5.74, 6) is -0.871. The minimum Gasteiger partial charge on any atom is -0.406 e. The van der Waals surface area contributed by atoms with Crippen LogP contribution < -0.4 is 14.4 Å². The average molecular weight is 556 g/mol. The number of halogens is 6. The highest BCUT2D eigenvalue weighted by atomic mass is 32.2. The van der Waals surface area contributed by atoms with E-state index in [0.29, 0.717) is 6.07 Å². The lowest BCUT2D eigenvalue weighted by molar-refractivity contribution is -0.274. The van der Waals surface area contributed by atoms with Gasteiger partial charge in [-0.25, -0.2) is 20.0 Å². The monoisotopic (exact) mass is 556 g/mol. The summed E-state index contributed by atoms with van der Waals surface area (Å²) in [4.78, 5) is 6.82. The molecular weight excluding hydrogens is 538 g/mol. The molecule has 1 N–H and O–H groups in total. The average Bonchev–Trinajstić information content (AvgIpc) is 2.99. The maximum Gasteiger partial charge on any atom is 0.573 e. The Balaban J connectivity index is 1.91. The van der Waals surface area contributed by atoms with Crippen molar-refractivity contribution in [1.82, 2.24) is 4.98 Å². The van der Waals surface area contributed by atoms with E-state index in [1.807, 2.05) is 0 Å². The molecule has 14 heteroatoms. The number of alkyl halides is 6. The molecule has 0 aliphatic carbocycles. The number of sulfonamides is 1. The van der Waals surface area contributed by atoms with Crippen molar-refractivity contribution in [1.29, 1.82) is 0 Å². The zero-order chi connectivity index (χ0) is 28.1. The first-order valence-electron chi connectivity index (χ1n) is 10.8. The van der Waals surface area contributed by atoms with Gasteiger partial charge in [-0.2, -0.15) is 13.2 Å². The van der Waals surface area contributed by atoms with Gasteiger partial charge in [0.2, 0.25) is 0 Å². The second kappa shape index (κ2) is 9.09. The number of anilines is 3. The highest BCUT2D eigenvalue weighted by Crippen LogP contribution is 2.45. The molecule has 2 heterocycles. The molecule has 38 heavy (non-hydrogen) atoms. The summed E-state index contributed by atoms with van der Waals surface area (Å²) in [6.07, 6.45) is -9.74. The summed E-state index contributed by atoms with van der Waals surface area (Å²) in [7, 11) is -4.53. The molecule has 1 aromatic heterocycles. The number of nitrogens with one attached hydrogen (secondary N) is 1. The van der Waals surface area contributed by atoms with E-state index in [2.05, 4.69) is 19.9 Å². The van der Waals surface area contributed by atoms with Gasteiger partial charge in [0.05, 0.1) is 28.4 Å². The third-order valence-electron chi connectivity index (χ3n) is 5.71. The number of fused-ring (bicyclic) bond motifs is 2. The van der Waals surface area contributed by atoms with E-state index in [-0.39, 0.29) is 28.3 Å². The molecule has 0 bridgehead atoms. The molecule has 200 valence electrons. The maximum atomic E-state index is 13.9. The number of nitrogens with zero attached hydrogens (tertiary/aromatic N) is 3. The van der Waals surface area contributed by atoms with Gasteiger partial charge in [0.25, 0.3) is 15.6 Å². The zero-order valence-electron chi connectivity index (χ0n) is 19.6. The Bertz CT molecular complexity index is 1530. The van der Waals surface area contributed by atoms with Crippen molar-refractivity contribution in [2.24, 2.45) is 0 Å². The molecule has 3 aromatic rings. The van der Waals surface area contributed by atoms with Crippen molar-refractivity contribution in [3.63, 3.8) is 0 Å². The van der Waals surface area contributed by atoms with Gasteiger partial charge < -0.3 is 14.9 Å². The number of hydrogen-bond donors (Lipinski definition) is 1. The van der Waals surface area contributed by atoms with Crippen LogP contribution in [0.4, 0.5) is 43.5 Å². The van der Waals surface area contributed by atoms with Crippen molar-refractivity contribution in [2.45, 2.75) is 43.4 Å². The topological polar surface area (TPSA) is 75.9 Å². The Morgan fingerprint density at radius 3 is 2.24 bits per heavy atom. The summed E-state index contributed by atoms with van der Waals surface area (Å²) >= 11 is 0. The van der Waals surface area contributed by atoms with Crippen LogP contribution in [0.5, 0.6) is 5.75 Å². The largest absolute Gasteiger partial charge is 0.573 e. The van der Waals surface area contributed by atoms with Crippen LogP contribution in [0, 0.1) is 6.57 Å². The summed E-state index contributed by atoms with van der Waals surface area (Å²) in [5.41, 5.74) is -2.03. The predicted octanol–water partition coefficient (Wildman–Crippen LogP) is 6.61. The molecule has 1 aliphatic heterocycles.